The van der Waals surface area contributed by atoms with Gasteiger partial charge in [0.25, 0.3) is 0 Å². The highest BCUT2D eigenvalue weighted by molar-refractivity contribution is 7.89. The Morgan fingerprint density at radius 1 is 1.10 bits per heavy atom. The number of benzene rings is 1. The second-order valence-corrected chi connectivity index (χ2v) is 9.66. The highest BCUT2D eigenvalue weighted by Gasteiger charge is 2.30. The number of piperazine rings is 1. The van der Waals surface area contributed by atoms with E-state index in [9.17, 15) is 13.2 Å². The van der Waals surface area contributed by atoms with Crippen molar-refractivity contribution in [2.24, 2.45) is 7.05 Å². The zero-order valence-electron chi connectivity index (χ0n) is 15.8. The Labute approximate surface area is 184 Å². The molecule has 29 heavy (non-hydrogen) atoms. The number of halogens is 3. The van der Waals surface area contributed by atoms with E-state index in [1.54, 1.807) is 18.0 Å². The summed E-state index contributed by atoms with van der Waals surface area (Å²) < 4.78 is 28.5. The SMILES string of the molecule is Cc1nn(C)c(Cl)c1/C=C/C(=O)N1CCN(S(=O)(=O)c2ccc(Cl)c(Cl)c2)CC1. The number of nitrogens with zero attached hydrogens (tertiary/aromatic N) is 4. The van der Waals surface area contributed by atoms with Gasteiger partial charge in [-0.3, -0.25) is 9.48 Å². The van der Waals surface area contributed by atoms with E-state index in [-0.39, 0.29) is 47.0 Å². The molecule has 1 fully saturated rings. The van der Waals surface area contributed by atoms with Crippen LogP contribution in [0.3, 0.4) is 0 Å². The molecule has 0 aliphatic carbocycles. The van der Waals surface area contributed by atoms with E-state index in [1.165, 1.54) is 33.3 Å². The van der Waals surface area contributed by atoms with Crippen molar-refractivity contribution in [2.75, 3.05) is 26.2 Å². The molecule has 0 bridgehead atoms. The fourth-order valence-corrected chi connectivity index (χ4v) is 5.08. The van der Waals surface area contributed by atoms with E-state index in [1.807, 2.05) is 6.92 Å². The van der Waals surface area contributed by atoms with E-state index in [0.717, 1.165) is 5.69 Å². The van der Waals surface area contributed by atoms with Crippen molar-refractivity contribution < 1.29 is 13.2 Å². The Balaban J connectivity index is 1.66. The Kier molecular flexibility index (Phi) is 6.60. The summed E-state index contributed by atoms with van der Waals surface area (Å²) in [5, 5.41) is 5.11. The molecular formula is C18H19Cl3N4O3S. The normalized spacial score (nSPS) is 16.0. The highest BCUT2D eigenvalue weighted by atomic mass is 35.5. The van der Waals surface area contributed by atoms with Crippen LogP contribution in [0.1, 0.15) is 11.3 Å². The van der Waals surface area contributed by atoms with Crippen LogP contribution in [0.4, 0.5) is 0 Å². The zero-order valence-corrected chi connectivity index (χ0v) is 18.9. The summed E-state index contributed by atoms with van der Waals surface area (Å²) in [6.07, 6.45) is 3.06. The van der Waals surface area contributed by atoms with Crippen molar-refractivity contribution in [3.63, 3.8) is 0 Å². The van der Waals surface area contributed by atoms with Crippen molar-refractivity contribution in [1.82, 2.24) is 19.0 Å². The van der Waals surface area contributed by atoms with Gasteiger partial charge in [0.15, 0.2) is 0 Å². The summed E-state index contributed by atoms with van der Waals surface area (Å²) >= 11 is 18.0. The quantitative estimate of drug-likeness (QED) is 0.634. The topological polar surface area (TPSA) is 75.5 Å². The lowest BCUT2D eigenvalue weighted by atomic mass is 10.2. The third kappa shape index (κ3) is 4.62. The summed E-state index contributed by atoms with van der Waals surface area (Å²) in [5.41, 5.74) is 1.41. The molecule has 1 aromatic carbocycles. The van der Waals surface area contributed by atoms with Gasteiger partial charge in [-0.15, -0.1) is 0 Å². The third-order valence-corrected chi connectivity index (χ3v) is 7.75. The number of aromatic nitrogens is 2. The maximum Gasteiger partial charge on any atom is 0.246 e. The largest absolute Gasteiger partial charge is 0.337 e. The average Bonchev–Trinajstić information content (AvgIpc) is 2.93. The minimum atomic E-state index is -3.71. The summed E-state index contributed by atoms with van der Waals surface area (Å²) in [4.78, 5) is 14.1. The molecule has 2 heterocycles. The van der Waals surface area contributed by atoms with Crippen LogP contribution in [-0.2, 0) is 21.9 Å². The van der Waals surface area contributed by atoms with Gasteiger partial charge in [-0.05, 0) is 31.2 Å². The number of hydrogen-bond acceptors (Lipinski definition) is 4. The van der Waals surface area contributed by atoms with Gasteiger partial charge < -0.3 is 4.90 Å². The van der Waals surface area contributed by atoms with Gasteiger partial charge in [0, 0.05) is 44.9 Å². The molecule has 1 amide bonds. The Morgan fingerprint density at radius 3 is 2.31 bits per heavy atom. The van der Waals surface area contributed by atoms with Gasteiger partial charge in [-0.2, -0.15) is 9.40 Å². The third-order valence-electron chi connectivity index (χ3n) is 4.67. The van der Waals surface area contributed by atoms with Gasteiger partial charge in [0.05, 0.1) is 20.6 Å². The lowest BCUT2D eigenvalue weighted by molar-refractivity contribution is -0.127. The number of carbonyl (C=O) groups is 1. The molecule has 1 aliphatic rings. The molecule has 0 spiro atoms. The molecule has 7 nitrogen and oxygen atoms in total. The molecule has 1 saturated heterocycles. The number of carbonyl (C=O) groups excluding carboxylic acids is 1. The summed E-state index contributed by atoms with van der Waals surface area (Å²) in [6.45, 7) is 2.75. The molecule has 1 aliphatic heterocycles. The summed E-state index contributed by atoms with van der Waals surface area (Å²) in [7, 11) is -1.98. The number of rotatable bonds is 4. The lowest BCUT2D eigenvalue weighted by Crippen LogP contribution is -2.50. The minimum Gasteiger partial charge on any atom is -0.337 e. The van der Waals surface area contributed by atoms with Gasteiger partial charge in [0.2, 0.25) is 15.9 Å². The Hall–Kier alpha value is -1.58. The molecule has 156 valence electrons. The molecule has 1 aromatic heterocycles. The van der Waals surface area contributed by atoms with Crippen LogP contribution < -0.4 is 0 Å². The predicted molar refractivity (Wildman–Crippen MR) is 114 cm³/mol. The van der Waals surface area contributed by atoms with Crippen LogP contribution in [-0.4, -0.2) is 59.5 Å². The summed E-state index contributed by atoms with van der Waals surface area (Å²) in [5.74, 6) is -0.212. The summed E-state index contributed by atoms with van der Waals surface area (Å²) in [6, 6.07) is 4.20. The first-order chi connectivity index (χ1) is 13.6. The van der Waals surface area contributed by atoms with Crippen LogP contribution in [0.15, 0.2) is 29.2 Å². The van der Waals surface area contributed by atoms with Crippen molar-refractivity contribution in [3.05, 3.63) is 50.7 Å². The predicted octanol–water partition coefficient (Wildman–Crippen LogP) is 3.24. The van der Waals surface area contributed by atoms with Gasteiger partial charge in [0.1, 0.15) is 5.15 Å². The maximum atomic E-state index is 12.8. The van der Waals surface area contributed by atoms with Gasteiger partial charge in [-0.25, -0.2) is 8.42 Å². The standard InChI is InChI=1S/C18H19Cl3N4O3S/c1-12-14(18(21)23(2)22-12)4-6-17(26)24-7-9-25(10-8-24)29(27,28)13-3-5-15(19)16(20)11-13/h3-6,11H,7-10H2,1-2H3/b6-4+. The molecule has 0 atom stereocenters. The first-order valence-corrected chi connectivity index (χ1v) is 11.3. The monoisotopic (exact) mass is 476 g/mol. The zero-order chi connectivity index (χ0) is 21.3. The molecule has 2 aromatic rings. The maximum absolute atomic E-state index is 12.8. The number of amides is 1. The van der Waals surface area contributed by atoms with Crippen LogP contribution in [0.5, 0.6) is 0 Å². The number of hydrogen-bond donors (Lipinski definition) is 0. The molecule has 0 radical (unpaired) electrons. The van der Waals surface area contributed by atoms with E-state index in [2.05, 4.69) is 5.10 Å². The van der Waals surface area contributed by atoms with Gasteiger partial charge in [-0.1, -0.05) is 34.8 Å². The number of aryl methyl sites for hydroxylation is 2. The molecule has 0 unspecified atom stereocenters. The fourth-order valence-electron chi connectivity index (χ4n) is 3.03. The van der Waals surface area contributed by atoms with Crippen molar-refractivity contribution >= 4 is 56.8 Å². The van der Waals surface area contributed by atoms with E-state index < -0.39 is 10.0 Å². The average molecular weight is 478 g/mol. The molecule has 0 saturated carbocycles. The van der Waals surface area contributed by atoms with Crippen LogP contribution in [0, 0.1) is 6.92 Å². The number of sulfonamides is 1. The first-order valence-electron chi connectivity index (χ1n) is 8.72. The van der Waals surface area contributed by atoms with Gasteiger partial charge >= 0.3 is 0 Å². The highest BCUT2D eigenvalue weighted by Crippen LogP contribution is 2.27. The Morgan fingerprint density at radius 2 is 1.76 bits per heavy atom. The van der Waals surface area contributed by atoms with Crippen LogP contribution >= 0.6 is 34.8 Å². The Bertz CT molecular complexity index is 1070. The first kappa shape index (κ1) is 22.1. The smallest absolute Gasteiger partial charge is 0.246 e. The van der Waals surface area contributed by atoms with Crippen LogP contribution in [0.25, 0.3) is 6.08 Å². The van der Waals surface area contributed by atoms with Crippen LogP contribution in [0.2, 0.25) is 15.2 Å². The van der Waals surface area contributed by atoms with E-state index >= 15 is 0 Å². The van der Waals surface area contributed by atoms with Crippen molar-refractivity contribution in [2.45, 2.75) is 11.8 Å². The molecule has 0 N–H and O–H groups in total. The fraction of sp³-hybridized carbons (Fsp3) is 0.333. The van der Waals surface area contributed by atoms with E-state index in [4.69, 9.17) is 34.8 Å². The second kappa shape index (κ2) is 8.65. The molecule has 3 rings (SSSR count). The van der Waals surface area contributed by atoms with E-state index in [0.29, 0.717) is 10.7 Å². The second-order valence-electron chi connectivity index (χ2n) is 6.55. The lowest BCUT2D eigenvalue weighted by Gasteiger charge is -2.33. The molecular weight excluding hydrogens is 459 g/mol. The van der Waals surface area contributed by atoms with Crippen molar-refractivity contribution in [1.29, 1.82) is 0 Å². The minimum absolute atomic E-state index is 0.0771. The molecule has 11 heteroatoms. The van der Waals surface area contributed by atoms with Crippen molar-refractivity contribution in [3.8, 4) is 0 Å².